The maximum Gasteiger partial charge on any atom is 0.202 e. The van der Waals surface area contributed by atoms with Crippen molar-refractivity contribution < 1.29 is 4.74 Å². The molecule has 0 amide bonds. The largest absolute Gasteiger partial charge is 0.374 e. The van der Waals surface area contributed by atoms with Gasteiger partial charge in [-0.3, -0.25) is 0 Å². The van der Waals surface area contributed by atoms with E-state index in [4.69, 9.17) is 4.74 Å². The van der Waals surface area contributed by atoms with Gasteiger partial charge in [-0.05, 0) is 31.0 Å². The Balaban J connectivity index is 1.65. The second-order valence-electron chi connectivity index (χ2n) is 5.17. The number of rotatable bonds is 5. The second kappa shape index (κ2) is 6.51. The zero-order chi connectivity index (χ0) is 14.7. The summed E-state index contributed by atoms with van der Waals surface area (Å²) < 4.78 is 9.55. The summed E-state index contributed by atoms with van der Waals surface area (Å²) in [5.41, 5.74) is 2.82. The van der Waals surface area contributed by atoms with E-state index in [1.165, 1.54) is 22.7 Å². The van der Waals surface area contributed by atoms with Crippen LogP contribution in [0.5, 0.6) is 0 Å². The standard InChI is InChI=1S/C15H20N4OS/c1-10(20-2)14-18-15(21-19-14)17-9-13-12-6-4-3-5-11(12)7-8-16-13/h3-6,10,13,16H,7-9H2,1-2H3,(H,17,18,19). The van der Waals surface area contributed by atoms with E-state index in [0.29, 0.717) is 6.04 Å². The number of hydrogen-bond acceptors (Lipinski definition) is 6. The normalized spacial score (nSPS) is 19.0. The van der Waals surface area contributed by atoms with E-state index in [9.17, 15) is 0 Å². The van der Waals surface area contributed by atoms with E-state index in [2.05, 4.69) is 44.3 Å². The lowest BCUT2D eigenvalue weighted by molar-refractivity contribution is 0.113. The first kappa shape index (κ1) is 14.4. The molecule has 0 bridgehead atoms. The van der Waals surface area contributed by atoms with Crippen LogP contribution in [-0.2, 0) is 11.2 Å². The third-order valence-corrected chi connectivity index (χ3v) is 4.52. The van der Waals surface area contributed by atoms with Gasteiger partial charge in [0.25, 0.3) is 0 Å². The third-order valence-electron chi connectivity index (χ3n) is 3.83. The maximum absolute atomic E-state index is 5.23. The molecule has 2 N–H and O–H groups in total. The molecule has 1 aromatic heterocycles. The molecule has 2 aromatic rings. The molecule has 0 radical (unpaired) electrons. The molecule has 5 nitrogen and oxygen atoms in total. The van der Waals surface area contributed by atoms with Gasteiger partial charge >= 0.3 is 0 Å². The molecular weight excluding hydrogens is 284 g/mol. The minimum atomic E-state index is -0.0645. The van der Waals surface area contributed by atoms with Crippen molar-refractivity contribution in [2.75, 3.05) is 25.5 Å². The molecule has 0 aliphatic carbocycles. The van der Waals surface area contributed by atoms with Gasteiger partial charge in [-0.25, -0.2) is 4.98 Å². The third kappa shape index (κ3) is 3.23. The van der Waals surface area contributed by atoms with Gasteiger partial charge in [-0.1, -0.05) is 24.3 Å². The fraction of sp³-hybridized carbons (Fsp3) is 0.467. The van der Waals surface area contributed by atoms with Crippen LogP contribution in [0.4, 0.5) is 5.13 Å². The quantitative estimate of drug-likeness (QED) is 0.889. The highest BCUT2D eigenvalue weighted by Crippen LogP contribution is 2.24. The lowest BCUT2D eigenvalue weighted by Gasteiger charge is -2.26. The number of anilines is 1. The fourth-order valence-corrected chi connectivity index (χ4v) is 3.19. The Bertz CT molecular complexity index is 601. The first-order valence-corrected chi connectivity index (χ1v) is 7.96. The first-order chi connectivity index (χ1) is 10.3. The van der Waals surface area contributed by atoms with Crippen LogP contribution >= 0.6 is 11.5 Å². The Morgan fingerprint density at radius 1 is 1.48 bits per heavy atom. The van der Waals surface area contributed by atoms with Crippen molar-refractivity contribution in [3.05, 3.63) is 41.2 Å². The molecule has 1 aromatic carbocycles. The highest BCUT2D eigenvalue weighted by atomic mass is 32.1. The molecular formula is C15H20N4OS. The van der Waals surface area contributed by atoms with Gasteiger partial charge in [-0.15, -0.1) is 0 Å². The Kier molecular flexibility index (Phi) is 4.48. The molecule has 1 aliphatic rings. The second-order valence-corrected chi connectivity index (χ2v) is 5.92. The Morgan fingerprint density at radius 2 is 2.33 bits per heavy atom. The molecule has 6 heteroatoms. The van der Waals surface area contributed by atoms with E-state index in [-0.39, 0.29) is 6.10 Å². The van der Waals surface area contributed by atoms with Crippen LogP contribution in [0.3, 0.4) is 0 Å². The van der Waals surface area contributed by atoms with Crippen LogP contribution in [0.25, 0.3) is 0 Å². The molecule has 21 heavy (non-hydrogen) atoms. The van der Waals surface area contributed by atoms with Crippen LogP contribution in [0, 0.1) is 0 Å². The number of methoxy groups -OCH3 is 1. The van der Waals surface area contributed by atoms with Crippen LogP contribution in [-0.4, -0.2) is 29.6 Å². The summed E-state index contributed by atoms with van der Waals surface area (Å²) >= 11 is 1.38. The average molecular weight is 304 g/mol. The van der Waals surface area contributed by atoms with E-state index in [1.807, 2.05) is 6.92 Å². The van der Waals surface area contributed by atoms with Gasteiger partial charge in [0.1, 0.15) is 6.10 Å². The Morgan fingerprint density at radius 3 is 3.19 bits per heavy atom. The molecule has 2 unspecified atom stereocenters. The predicted molar refractivity (Wildman–Crippen MR) is 84.7 cm³/mol. The Labute approximate surface area is 128 Å². The van der Waals surface area contributed by atoms with Crippen molar-refractivity contribution in [1.29, 1.82) is 0 Å². The summed E-state index contributed by atoms with van der Waals surface area (Å²) in [6.45, 7) is 3.78. The van der Waals surface area contributed by atoms with Crippen molar-refractivity contribution in [2.45, 2.75) is 25.5 Å². The summed E-state index contributed by atoms with van der Waals surface area (Å²) in [4.78, 5) is 4.46. The number of fused-ring (bicyclic) bond motifs is 1. The maximum atomic E-state index is 5.23. The number of benzene rings is 1. The van der Waals surface area contributed by atoms with Crippen molar-refractivity contribution in [2.24, 2.45) is 0 Å². The van der Waals surface area contributed by atoms with Gasteiger partial charge in [-0.2, -0.15) is 4.37 Å². The van der Waals surface area contributed by atoms with Gasteiger partial charge in [0, 0.05) is 31.2 Å². The number of nitrogens with zero attached hydrogens (tertiary/aromatic N) is 2. The zero-order valence-electron chi connectivity index (χ0n) is 12.3. The summed E-state index contributed by atoms with van der Waals surface area (Å²) in [6, 6.07) is 8.95. The van der Waals surface area contributed by atoms with Gasteiger partial charge in [0.05, 0.1) is 0 Å². The summed E-state index contributed by atoms with van der Waals surface area (Å²) in [5, 5.41) is 7.78. The Hall–Kier alpha value is -1.50. The number of ether oxygens (including phenoxy) is 1. The monoisotopic (exact) mass is 304 g/mol. The van der Waals surface area contributed by atoms with E-state index < -0.39 is 0 Å². The van der Waals surface area contributed by atoms with E-state index in [0.717, 1.165) is 30.5 Å². The molecule has 0 saturated carbocycles. The average Bonchev–Trinajstić information content (AvgIpc) is 3.01. The molecule has 0 spiro atoms. The molecule has 0 fully saturated rings. The zero-order valence-corrected chi connectivity index (χ0v) is 13.1. The summed E-state index contributed by atoms with van der Waals surface area (Å²) in [7, 11) is 1.67. The lowest BCUT2D eigenvalue weighted by Crippen LogP contribution is -2.34. The van der Waals surface area contributed by atoms with Crippen LogP contribution in [0.1, 0.15) is 36.0 Å². The van der Waals surface area contributed by atoms with Gasteiger partial charge < -0.3 is 15.4 Å². The number of nitrogens with one attached hydrogen (secondary N) is 2. The molecule has 112 valence electrons. The van der Waals surface area contributed by atoms with Crippen molar-refractivity contribution in [3.8, 4) is 0 Å². The van der Waals surface area contributed by atoms with Crippen molar-refractivity contribution in [1.82, 2.24) is 14.7 Å². The van der Waals surface area contributed by atoms with E-state index >= 15 is 0 Å². The molecule has 2 atom stereocenters. The SMILES string of the molecule is COC(C)c1nsc(NCC2NCCc3ccccc32)n1. The molecule has 1 aliphatic heterocycles. The van der Waals surface area contributed by atoms with Crippen LogP contribution in [0.2, 0.25) is 0 Å². The predicted octanol–water partition coefficient (Wildman–Crippen LogP) is 2.54. The van der Waals surface area contributed by atoms with Crippen LogP contribution < -0.4 is 10.6 Å². The van der Waals surface area contributed by atoms with Gasteiger partial charge in [0.15, 0.2) is 5.82 Å². The highest BCUT2D eigenvalue weighted by Gasteiger charge is 2.19. The number of aromatic nitrogens is 2. The van der Waals surface area contributed by atoms with Crippen LogP contribution in [0.15, 0.2) is 24.3 Å². The topological polar surface area (TPSA) is 59.1 Å². The van der Waals surface area contributed by atoms with Gasteiger partial charge in [0.2, 0.25) is 5.13 Å². The molecule has 2 heterocycles. The lowest BCUT2D eigenvalue weighted by atomic mass is 9.94. The minimum absolute atomic E-state index is 0.0645. The summed E-state index contributed by atoms with van der Waals surface area (Å²) in [5.74, 6) is 0.738. The highest BCUT2D eigenvalue weighted by molar-refractivity contribution is 7.09. The smallest absolute Gasteiger partial charge is 0.202 e. The first-order valence-electron chi connectivity index (χ1n) is 7.19. The number of hydrogen-bond donors (Lipinski definition) is 2. The van der Waals surface area contributed by atoms with Crippen molar-refractivity contribution >= 4 is 16.7 Å². The minimum Gasteiger partial charge on any atom is -0.374 e. The summed E-state index contributed by atoms with van der Waals surface area (Å²) in [6.07, 6.45) is 1.03. The molecule has 0 saturated heterocycles. The molecule has 3 rings (SSSR count). The van der Waals surface area contributed by atoms with Crippen molar-refractivity contribution in [3.63, 3.8) is 0 Å². The van der Waals surface area contributed by atoms with E-state index in [1.54, 1.807) is 7.11 Å². The fourth-order valence-electron chi connectivity index (χ4n) is 2.54.